The number of hydrogen-bond acceptors (Lipinski definition) is 5. The normalized spacial score (nSPS) is 11.6. The number of carbonyl (C=O) groups is 1. The number of ether oxygens (including phenoxy) is 1. The van der Waals surface area contributed by atoms with E-state index in [1.807, 2.05) is 0 Å². The smallest absolute Gasteiger partial charge is 0.321 e. The molecule has 1 heterocycles. The number of aromatic nitrogens is 1. The van der Waals surface area contributed by atoms with Crippen LogP contribution in [0, 0.1) is 0 Å². The standard InChI is InChI=1S/C10H13ClN2O4S/c1-3-13(7-9(14)17-2)18(15,16)8-5-4-6-12-10(8)11/h4-6H,3,7H2,1-2H3. The van der Waals surface area contributed by atoms with Crippen LogP contribution in [-0.2, 0) is 19.6 Å². The average molecular weight is 293 g/mol. The number of rotatable bonds is 5. The predicted molar refractivity (Wildman–Crippen MR) is 65.7 cm³/mol. The molecule has 1 aromatic rings. The molecule has 0 amide bonds. The van der Waals surface area contributed by atoms with Gasteiger partial charge in [0.2, 0.25) is 10.0 Å². The molecule has 0 atom stereocenters. The lowest BCUT2D eigenvalue weighted by Crippen LogP contribution is -2.36. The van der Waals surface area contributed by atoms with Crippen molar-refractivity contribution in [1.82, 2.24) is 9.29 Å². The number of likely N-dealkylation sites (N-methyl/N-ethyl adjacent to an activating group) is 1. The van der Waals surface area contributed by atoms with Gasteiger partial charge in [-0.05, 0) is 12.1 Å². The van der Waals surface area contributed by atoms with Crippen molar-refractivity contribution >= 4 is 27.6 Å². The third kappa shape index (κ3) is 3.18. The molecule has 0 N–H and O–H groups in total. The zero-order valence-corrected chi connectivity index (χ0v) is 11.5. The van der Waals surface area contributed by atoms with E-state index >= 15 is 0 Å². The number of carbonyl (C=O) groups excluding carboxylic acids is 1. The van der Waals surface area contributed by atoms with Crippen molar-refractivity contribution in [2.24, 2.45) is 0 Å². The Morgan fingerprint density at radius 3 is 2.72 bits per heavy atom. The molecule has 0 aliphatic heterocycles. The molecule has 100 valence electrons. The summed E-state index contributed by atoms with van der Waals surface area (Å²) < 4.78 is 29.9. The first-order valence-electron chi connectivity index (χ1n) is 5.11. The third-order valence-corrected chi connectivity index (χ3v) is 4.59. The van der Waals surface area contributed by atoms with Crippen molar-refractivity contribution in [3.63, 3.8) is 0 Å². The van der Waals surface area contributed by atoms with Crippen LogP contribution in [0.15, 0.2) is 23.2 Å². The average Bonchev–Trinajstić information content (AvgIpc) is 2.35. The van der Waals surface area contributed by atoms with E-state index in [9.17, 15) is 13.2 Å². The van der Waals surface area contributed by atoms with Gasteiger partial charge in [-0.1, -0.05) is 18.5 Å². The zero-order chi connectivity index (χ0) is 13.8. The van der Waals surface area contributed by atoms with Crippen molar-refractivity contribution in [1.29, 1.82) is 0 Å². The van der Waals surface area contributed by atoms with Crippen LogP contribution in [0.2, 0.25) is 5.15 Å². The highest BCUT2D eigenvalue weighted by molar-refractivity contribution is 7.89. The van der Waals surface area contributed by atoms with Crippen LogP contribution in [-0.4, -0.2) is 43.9 Å². The minimum absolute atomic E-state index is 0.124. The van der Waals surface area contributed by atoms with Gasteiger partial charge in [-0.15, -0.1) is 0 Å². The Morgan fingerprint density at radius 2 is 2.22 bits per heavy atom. The lowest BCUT2D eigenvalue weighted by atomic mass is 10.5. The summed E-state index contributed by atoms with van der Waals surface area (Å²) in [4.78, 5) is 14.7. The fraction of sp³-hybridized carbons (Fsp3) is 0.400. The second-order valence-electron chi connectivity index (χ2n) is 3.30. The highest BCUT2D eigenvalue weighted by Crippen LogP contribution is 2.21. The Kier molecular flexibility index (Phi) is 5.06. The van der Waals surface area contributed by atoms with Gasteiger partial charge in [-0.3, -0.25) is 4.79 Å². The molecule has 18 heavy (non-hydrogen) atoms. The van der Waals surface area contributed by atoms with Gasteiger partial charge in [-0.2, -0.15) is 4.31 Å². The minimum Gasteiger partial charge on any atom is -0.468 e. The van der Waals surface area contributed by atoms with Crippen molar-refractivity contribution in [2.75, 3.05) is 20.2 Å². The number of sulfonamides is 1. The first-order valence-corrected chi connectivity index (χ1v) is 6.92. The van der Waals surface area contributed by atoms with E-state index in [4.69, 9.17) is 11.6 Å². The highest BCUT2D eigenvalue weighted by Gasteiger charge is 2.27. The van der Waals surface area contributed by atoms with E-state index in [2.05, 4.69) is 9.72 Å². The summed E-state index contributed by atoms with van der Waals surface area (Å²) in [6, 6.07) is 2.80. The lowest BCUT2D eigenvalue weighted by molar-refractivity contribution is -0.140. The molecule has 0 radical (unpaired) electrons. The van der Waals surface area contributed by atoms with Crippen molar-refractivity contribution in [3.05, 3.63) is 23.5 Å². The second-order valence-corrected chi connectivity index (χ2v) is 5.56. The number of halogens is 1. The molecular weight excluding hydrogens is 280 g/mol. The van der Waals surface area contributed by atoms with Crippen LogP contribution >= 0.6 is 11.6 Å². The van der Waals surface area contributed by atoms with Crippen LogP contribution in [0.3, 0.4) is 0 Å². The fourth-order valence-corrected chi connectivity index (χ4v) is 3.10. The molecule has 0 saturated heterocycles. The molecule has 6 nitrogen and oxygen atoms in total. The first kappa shape index (κ1) is 14.9. The maximum Gasteiger partial charge on any atom is 0.321 e. The minimum atomic E-state index is -3.85. The largest absolute Gasteiger partial charge is 0.468 e. The molecule has 0 aliphatic rings. The molecular formula is C10H13ClN2O4S. The third-order valence-electron chi connectivity index (χ3n) is 2.23. The van der Waals surface area contributed by atoms with Gasteiger partial charge < -0.3 is 4.74 Å². The molecule has 0 bridgehead atoms. The lowest BCUT2D eigenvalue weighted by Gasteiger charge is -2.19. The van der Waals surface area contributed by atoms with E-state index in [1.54, 1.807) is 6.92 Å². The monoisotopic (exact) mass is 292 g/mol. The van der Waals surface area contributed by atoms with Crippen LogP contribution in [0.5, 0.6) is 0 Å². The van der Waals surface area contributed by atoms with E-state index in [-0.39, 0.29) is 23.1 Å². The summed E-state index contributed by atoms with van der Waals surface area (Å²) in [5, 5.41) is -0.124. The van der Waals surface area contributed by atoms with Crippen molar-refractivity contribution < 1.29 is 17.9 Å². The number of pyridine rings is 1. The van der Waals surface area contributed by atoms with Gasteiger partial charge in [0.05, 0.1) is 7.11 Å². The van der Waals surface area contributed by atoms with Gasteiger partial charge in [-0.25, -0.2) is 13.4 Å². The number of esters is 1. The topological polar surface area (TPSA) is 76.6 Å². The van der Waals surface area contributed by atoms with Crippen LogP contribution in [0.1, 0.15) is 6.92 Å². The predicted octanol–water partition coefficient (Wildman–Crippen LogP) is 0.919. The van der Waals surface area contributed by atoms with Crippen LogP contribution in [0.4, 0.5) is 0 Å². The fourth-order valence-electron chi connectivity index (χ4n) is 1.28. The molecule has 1 aromatic heterocycles. The molecule has 1 rings (SSSR count). The van der Waals surface area contributed by atoms with Crippen LogP contribution in [0.25, 0.3) is 0 Å². The van der Waals surface area contributed by atoms with Crippen molar-refractivity contribution in [2.45, 2.75) is 11.8 Å². The summed E-state index contributed by atoms with van der Waals surface area (Å²) in [6.45, 7) is 1.38. The molecule has 0 unspecified atom stereocenters. The maximum atomic E-state index is 12.2. The summed E-state index contributed by atoms with van der Waals surface area (Å²) >= 11 is 5.75. The molecule has 0 saturated carbocycles. The Morgan fingerprint density at radius 1 is 1.56 bits per heavy atom. The Bertz CT molecular complexity index is 532. The Labute approximate surface area is 111 Å². The van der Waals surface area contributed by atoms with Crippen molar-refractivity contribution in [3.8, 4) is 0 Å². The quantitative estimate of drug-likeness (QED) is 0.596. The molecule has 0 aromatic carbocycles. The molecule has 0 spiro atoms. The zero-order valence-electron chi connectivity index (χ0n) is 9.96. The van der Waals surface area contributed by atoms with Crippen LogP contribution < -0.4 is 0 Å². The van der Waals surface area contributed by atoms with Gasteiger partial charge in [0.15, 0.2) is 0 Å². The number of methoxy groups -OCH3 is 1. The van der Waals surface area contributed by atoms with E-state index < -0.39 is 16.0 Å². The summed E-state index contributed by atoms with van der Waals surface area (Å²) in [7, 11) is -2.65. The number of hydrogen-bond donors (Lipinski definition) is 0. The van der Waals surface area contributed by atoms with E-state index in [0.29, 0.717) is 0 Å². The van der Waals surface area contributed by atoms with Gasteiger partial charge in [0.1, 0.15) is 16.6 Å². The van der Waals surface area contributed by atoms with E-state index in [1.165, 1.54) is 25.4 Å². The molecule has 0 fully saturated rings. The molecule has 0 aliphatic carbocycles. The SMILES string of the molecule is CCN(CC(=O)OC)S(=O)(=O)c1cccnc1Cl. The first-order chi connectivity index (χ1) is 8.43. The Hall–Kier alpha value is -1.18. The van der Waals surface area contributed by atoms with Gasteiger partial charge >= 0.3 is 5.97 Å². The van der Waals surface area contributed by atoms with E-state index in [0.717, 1.165) is 4.31 Å². The summed E-state index contributed by atoms with van der Waals surface area (Å²) in [6.07, 6.45) is 1.39. The highest BCUT2D eigenvalue weighted by atomic mass is 35.5. The number of nitrogens with zero attached hydrogens (tertiary/aromatic N) is 2. The van der Waals surface area contributed by atoms with Gasteiger partial charge in [0, 0.05) is 12.7 Å². The molecule has 8 heteroatoms. The Balaban J connectivity index is 3.12. The second kappa shape index (κ2) is 6.12. The summed E-state index contributed by atoms with van der Waals surface area (Å²) in [5.74, 6) is -0.638. The summed E-state index contributed by atoms with van der Waals surface area (Å²) in [5.41, 5.74) is 0. The van der Waals surface area contributed by atoms with Gasteiger partial charge in [0.25, 0.3) is 0 Å². The maximum absolute atomic E-state index is 12.2.